The van der Waals surface area contributed by atoms with Crippen LogP contribution < -0.4 is 5.73 Å². The van der Waals surface area contributed by atoms with Crippen LogP contribution in [-0.2, 0) is 11.2 Å². The number of hydrogen-bond acceptors (Lipinski definition) is 2. The van der Waals surface area contributed by atoms with E-state index in [0.29, 0.717) is 17.9 Å². The summed E-state index contributed by atoms with van der Waals surface area (Å²) in [6.07, 6.45) is 1.53. The SMILES string of the molecule is CC1CCOC1C(N)Cc1ccc(F)c(F)c1. The first kappa shape index (κ1) is 12.5. The fourth-order valence-corrected chi connectivity index (χ4v) is 2.32. The highest BCUT2D eigenvalue weighted by Gasteiger charge is 2.29. The summed E-state index contributed by atoms with van der Waals surface area (Å²) in [4.78, 5) is 0. The molecule has 1 aromatic carbocycles. The number of hydrogen-bond donors (Lipinski definition) is 1. The van der Waals surface area contributed by atoms with Gasteiger partial charge in [-0.1, -0.05) is 13.0 Å². The largest absolute Gasteiger partial charge is 0.376 e. The quantitative estimate of drug-likeness (QED) is 0.881. The first-order chi connectivity index (χ1) is 8.08. The maximum atomic E-state index is 13.0. The van der Waals surface area contributed by atoms with E-state index in [9.17, 15) is 8.78 Å². The van der Waals surface area contributed by atoms with Gasteiger partial charge in [-0.25, -0.2) is 8.78 Å². The number of nitrogens with two attached hydrogens (primary N) is 1. The zero-order valence-electron chi connectivity index (χ0n) is 9.83. The summed E-state index contributed by atoms with van der Waals surface area (Å²) in [5.41, 5.74) is 6.76. The summed E-state index contributed by atoms with van der Waals surface area (Å²) in [7, 11) is 0. The number of benzene rings is 1. The van der Waals surface area contributed by atoms with Gasteiger partial charge in [0, 0.05) is 12.6 Å². The van der Waals surface area contributed by atoms with Crippen molar-refractivity contribution in [2.24, 2.45) is 11.7 Å². The molecule has 3 atom stereocenters. The third-order valence-corrected chi connectivity index (χ3v) is 3.32. The van der Waals surface area contributed by atoms with Gasteiger partial charge >= 0.3 is 0 Å². The minimum Gasteiger partial charge on any atom is -0.376 e. The van der Waals surface area contributed by atoms with Gasteiger partial charge in [-0.15, -0.1) is 0 Å². The molecular formula is C13H17F2NO. The molecule has 0 radical (unpaired) electrons. The Morgan fingerprint density at radius 3 is 2.76 bits per heavy atom. The van der Waals surface area contributed by atoms with Crippen molar-refractivity contribution < 1.29 is 13.5 Å². The van der Waals surface area contributed by atoms with Crippen LogP contribution in [0.2, 0.25) is 0 Å². The van der Waals surface area contributed by atoms with E-state index in [1.807, 2.05) is 0 Å². The van der Waals surface area contributed by atoms with Crippen molar-refractivity contribution >= 4 is 0 Å². The minimum atomic E-state index is -0.826. The van der Waals surface area contributed by atoms with Gasteiger partial charge < -0.3 is 10.5 Å². The van der Waals surface area contributed by atoms with Gasteiger partial charge in [0.1, 0.15) is 0 Å². The van der Waals surface area contributed by atoms with Crippen molar-refractivity contribution in [3.05, 3.63) is 35.4 Å². The van der Waals surface area contributed by atoms with Gasteiger partial charge in [0.2, 0.25) is 0 Å². The fraction of sp³-hybridized carbons (Fsp3) is 0.538. The molecule has 1 saturated heterocycles. The molecule has 2 nitrogen and oxygen atoms in total. The topological polar surface area (TPSA) is 35.2 Å². The van der Waals surface area contributed by atoms with Crippen LogP contribution in [0.25, 0.3) is 0 Å². The lowest BCUT2D eigenvalue weighted by Crippen LogP contribution is -2.39. The first-order valence-corrected chi connectivity index (χ1v) is 5.89. The Balaban J connectivity index is 2.02. The Kier molecular flexibility index (Phi) is 3.74. The summed E-state index contributed by atoms with van der Waals surface area (Å²) in [6, 6.07) is 3.74. The maximum absolute atomic E-state index is 13.0. The van der Waals surface area contributed by atoms with Gasteiger partial charge in [0.05, 0.1) is 6.10 Å². The molecule has 4 heteroatoms. The van der Waals surface area contributed by atoms with Crippen LogP contribution in [0.4, 0.5) is 8.78 Å². The van der Waals surface area contributed by atoms with Crippen LogP contribution in [0.5, 0.6) is 0 Å². The predicted octanol–water partition coefficient (Wildman–Crippen LogP) is 2.26. The van der Waals surface area contributed by atoms with Gasteiger partial charge in [-0.3, -0.25) is 0 Å². The number of ether oxygens (including phenoxy) is 1. The maximum Gasteiger partial charge on any atom is 0.159 e. The van der Waals surface area contributed by atoms with E-state index in [1.165, 1.54) is 6.07 Å². The Bertz CT molecular complexity index is 397. The summed E-state index contributed by atoms with van der Waals surface area (Å²) < 4.78 is 31.4. The van der Waals surface area contributed by atoms with E-state index in [4.69, 9.17) is 10.5 Å². The monoisotopic (exact) mass is 241 g/mol. The van der Waals surface area contributed by atoms with Crippen LogP contribution in [0.1, 0.15) is 18.9 Å². The molecule has 0 aliphatic carbocycles. The van der Waals surface area contributed by atoms with E-state index in [1.54, 1.807) is 6.07 Å². The lowest BCUT2D eigenvalue weighted by atomic mass is 9.93. The van der Waals surface area contributed by atoms with Crippen LogP contribution in [-0.4, -0.2) is 18.8 Å². The van der Waals surface area contributed by atoms with Gasteiger partial charge in [-0.2, -0.15) is 0 Å². The smallest absolute Gasteiger partial charge is 0.159 e. The van der Waals surface area contributed by atoms with Gasteiger partial charge in [0.15, 0.2) is 11.6 Å². The summed E-state index contributed by atoms with van der Waals surface area (Å²) in [5.74, 6) is -1.22. The molecule has 1 heterocycles. The molecule has 0 amide bonds. The molecule has 1 aromatic rings. The van der Waals surface area contributed by atoms with Crippen LogP contribution in [0, 0.1) is 17.6 Å². The minimum absolute atomic E-state index is 0.0168. The predicted molar refractivity (Wildman–Crippen MR) is 61.6 cm³/mol. The molecule has 2 N–H and O–H groups in total. The standard InChI is InChI=1S/C13H17F2NO/c1-8-4-5-17-13(8)12(16)7-9-2-3-10(14)11(15)6-9/h2-3,6,8,12-13H,4-5,7,16H2,1H3. The highest BCUT2D eigenvalue weighted by atomic mass is 19.2. The molecule has 0 spiro atoms. The van der Waals surface area contributed by atoms with E-state index in [2.05, 4.69) is 6.92 Å². The Morgan fingerprint density at radius 2 is 2.18 bits per heavy atom. The van der Waals surface area contributed by atoms with Crippen molar-refractivity contribution in [3.8, 4) is 0 Å². The van der Waals surface area contributed by atoms with E-state index < -0.39 is 11.6 Å². The Labute approximate surface area is 99.8 Å². The Morgan fingerprint density at radius 1 is 1.41 bits per heavy atom. The highest BCUT2D eigenvalue weighted by molar-refractivity contribution is 5.19. The van der Waals surface area contributed by atoms with Crippen molar-refractivity contribution in [1.82, 2.24) is 0 Å². The molecular weight excluding hydrogens is 224 g/mol. The lowest BCUT2D eigenvalue weighted by molar-refractivity contribution is 0.0726. The second kappa shape index (κ2) is 5.10. The molecule has 0 bridgehead atoms. The van der Waals surface area contributed by atoms with Crippen molar-refractivity contribution in [3.63, 3.8) is 0 Å². The first-order valence-electron chi connectivity index (χ1n) is 5.89. The zero-order chi connectivity index (χ0) is 12.4. The Hall–Kier alpha value is -1.00. The van der Waals surface area contributed by atoms with Crippen LogP contribution >= 0.6 is 0 Å². The normalized spacial score (nSPS) is 26.1. The summed E-state index contributed by atoms with van der Waals surface area (Å²) in [6.45, 7) is 2.83. The fourth-order valence-electron chi connectivity index (χ4n) is 2.32. The molecule has 94 valence electrons. The molecule has 2 rings (SSSR count). The van der Waals surface area contributed by atoms with E-state index in [-0.39, 0.29) is 12.1 Å². The lowest BCUT2D eigenvalue weighted by Gasteiger charge is -2.22. The summed E-state index contributed by atoms with van der Waals surface area (Å²) in [5, 5.41) is 0. The second-order valence-corrected chi connectivity index (χ2v) is 4.72. The van der Waals surface area contributed by atoms with Crippen molar-refractivity contribution in [2.75, 3.05) is 6.61 Å². The number of rotatable bonds is 3. The molecule has 3 unspecified atom stereocenters. The highest BCUT2D eigenvalue weighted by Crippen LogP contribution is 2.24. The van der Waals surface area contributed by atoms with E-state index >= 15 is 0 Å². The molecule has 0 aromatic heterocycles. The van der Waals surface area contributed by atoms with Crippen LogP contribution in [0.15, 0.2) is 18.2 Å². The summed E-state index contributed by atoms with van der Waals surface area (Å²) >= 11 is 0. The molecule has 1 aliphatic rings. The average molecular weight is 241 g/mol. The average Bonchev–Trinajstić information content (AvgIpc) is 2.70. The molecule has 1 aliphatic heterocycles. The van der Waals surface area contributed by atoms with Crippen molar-refractivity contribution in [1.29, 1.82) is 0 Å². The zero-order valence-corrected chi connectivity index (χ0v) is 9.83. The number of halogens is 2. The van der Waals surface area contributed by atoms with Gasteiger partial charge in [0.25, 0.3) is 0 Å². The van der Waals surface area contributed by atoms with Gasteiger partial charge in [-0.05, 0) is 36.5 Å². The molecule has 17 heavy (non-hydrogen) atoms. The van der Waals surface area contributed by atoms with E-state index in [0.717, 1.165) is 19.1 Å². The molecule has 0 saturated carbocycles. The van der Waals surface area contributed by atoms with Crippen molar-refractivity contribution in [2.45, 2.75) is 31.9 Å². The third-order valence-electron chi connectivity index (χ3n) is 3.32. The third kappa shape index (κ3) is 2.82. The second-order valence-electron chi connectivity index (χ2n) is 4.72. The molecule has 1 fully saturated rings. The van der Waals surface area contributed by atoms with Crippen LogP contribution in [0.3, 0.4) is 0 Å².